The monoisotopic (exact) mass is 496 g/mol. The predicted octanol–water partition coefficient (Wildman–Crippen LogP) is 9.21. The van der Waals surface area contributed by atoms with Gasteiger partial charge in [0.15, 0.2) is 6.29 Å². The molecule has 3 heteroatoms. The zero-order valence-electron chi connectivity index (χ0n) is 23.3. The molecule has 0 spiro atoms. The first-order valence-corrected chi connectivity index (χ1v) is 15.3. The van der Waals surface area contributed by atoms with Crippen LogP contribution in [-0.4, -0.2) is 26.1 Å². The molecule has 202 valence electrons. The zero-order valence-corrected chi connectivity index (χ0v) is 23.3. The SMILES string of the molecule is CCCCCC=CCO[C@@H]1CO[C@@H](c2ccc(C34CCC(CCCCCCC)(CC3)CC4)cc2)CO1. The lowest BCUT2D eigenvalue weighted by Gasteiger charge is -2.54. The van der Waals surface area contributed by atoms with Gasteiger partial charge < -0.3 is 14.2 Å². The summed E-state index contributed by atoms with van der Waals surface area (Å²) in [5, 5.41) is 0. The Morgan fingerprint density at radius 3 is 2.14 bits per heavy atom. The normalized spacial score (nSPS) is 30.3. The van der Waals surface area contributed by atoms with Crippen LogP contribution >= 0.6 is 0 Å². The van der Waals surface area contributed by atoms with Gasteiger partial charge in [-0.05, 0) is 79.7 Å². The molecule has 4 aliphatic rings. The van der Waals surface area contributed by atoms with Crippen molar-refractivity contribution in [3.8, 4) is 0 Å². The summed E-state index contributed by atoms with van der Waals surface area (Å²) >= 11 is 0. The molecule has 3 aliphatic carbocycles. The topological polar surface area (TPSA) is 27.7 Å². The van der Waals surface area contributed by atoms with Gasteiger partial charge in [-0.25, -0.2) is 0 Å². The van der Waals surface area contributed by atoms with Crippen LogP contribution in [0.5, 0.6) is 0 Å². The average molecular weight is 497 g/mol. The Morgan fingerprint density at radius 1 is 0.778 bits per heavy atom. The third kappa shape index (κ3) is 7.45. The Morgan fingerprint density at radius 2 is 1.47 bits per heavy atom. The highest BCUT2D eigenvalue weighted by Gasteiger charge is 2.48. The first-order valence-electron chi connectivity index (χ1n) is 15.3. The second-order valence-electron chi connectivity index (χ2n) is 12.0. The van der Waals surface area contributed by atoms with E-state index in [9.17, 15) is 0 Å². The van der Waals surface area contributed by atoms with Gasteiger partial charge >= 0.3 is 0 Å². The predicted molar refractivity (Wildman–Crippen MR) is 149 cm³/mol. The quantitative estimate of drug-likeness (QED) is 0.179. The second-order valence-corrected chi connectivity index (χ2v) is 12.0. The molecule has 5 rings (SSSR count). The molecule has 0 radical (unpaired) electrons. The average Bonchev–Trinajstić information content (AvgIpc) is 2.94. The fraction of sp³-hybridized carbons (Fsp3) is 0.758. The van der Waals surface area contributed by atoms with Crippen molar-refractivity contribution >= 4 is 0 Å². The third-order valence-corrected chi connectivity index (χ3v) is 9.49. The van der Waals surface area contributed by atoms with Crippen LogP contribution in [0.3, 0.4) is 0 Å². The summed E-state index contributed by atoms with van der Waals surface area (Å²) in [5.41, 5.74) is 3.89. The maximum Gasteiger partial charge on any atom is 0.181 e. The van der Waals surface area contributed by atoms with E-state index in [1.165, 1.54) is 102 Å². The molecule has 1 aromatic rings. The summed E-state index contributed by atoms with van der Waals surface area (Å²) < 4.78 is 17.9. The van der Waals surface area contributed by atoms with E-state index in [1.54, 1.807) is 5.56 Å². The van der Waals surface area contributed by atoms with E-state index in [0.29, 0.717) is 30.7 Å². The molecule has 1 aliphatic heterocycles. The maximum absolute atomic E-state index is 6.13. The number of ether oxygens (including phenoxy) is 3. The molecule has 3 nitrogen and oxygen atoms in total. The molecule has 0 amide bonds. The van der Waals surface area contributed by atoms with E-state index in [0.717, 1.165) is 6.42 Å². The van der Waals surface area contributed by atoms with Crippen LogP contribution in [0.15, 0.2) is 36.4 Å². The minimum Gasteiger partial charge on any atom is -0.366 e. The number of hydrogen-bond donors (Lipinski definition) is 0. The Balaban J connectivity index is 1.18. The highest BCUT2D eigenvalue weighted by Crippen LogP contribution is 2.59. The van der Waals surface area contributed by atoms with Crippen molar-refractivity contribution < 1.29 is 14.2 Å². The van der Waals surface area contributed by atoms with Gasteiger partial charge in [0.05, 0.1) is 19.8 Å². The van der Waals surface area contributed by atoms with Crippen LogP contribution in [0, 0.1) is 5.41 Å². The van der Waals surface area contributed by atoms with Crippen LogP contribution in [-0.2, 0) is 19.6 Å². The largest absolute Gasteiger partial charge is 0.366 e. The maximum atomic E-state index is 6.13. The lowest BCUT2D eigenvalue weighted by atomic mass is 9.51. The van der Waals surface area contributed by atoms with Gasteiger partial charge in [-0.3, -0.25) is 0 Å². The van der Waals surface area contributed by atoms with Crippen LogP contribution in [0.2, 0.25) is 0 Å². The van der Waals surface area contributed by atoms with Crippen LogP contribution in [0.25, 0.3) is 0 Å². The van der Waals surface area contributed by atoms with E-state index < -0.39 is 0 Å². The summed E-state index contributed by atoms with van der Waals surface area (Å²) in [5.74, 6) is 0. The second kappa shape index (κ2) is 14.1. The van der Waals surface area contributed by atoms with Crippen molar-refractivity contribution in [2.45, 2.75) is 134 Å². The minimum absolute atomic E-state index is 0.0130. The van der Waals surface area contributed by atoms with Gasteiger partial charge in [0, 0.05) is 0 Å². The van der Waals surface area contributed by atoms with Gasteiger partial charge in [0.2, 0.25) is 0 Å². The Hall–Kier alpha value is -1.16. The summed E-state index contributed by atoms with van der Waals surface area (Å²) in [6.45, 7) is 6.21. The molecule has 1 saturated heterocycles. The number of benzene rings is 1. The number of rotatable bonds is 15. The van der Waals surface area contributed by atoms with Crippen molar-refractivity contribution in [2.75, 3.05) is 19.8 Å². The van der Waals surface area contributed by atoms with Crippen molar-refractivity contribution in [1.29, 1.82) is 0 Å². The molecule has 2 atom stereocenters. The first kappa shape index (κ1) is 27.9. The van der Waals surface area contributed by atoms with Crippen molar-refractivity contribution in [1.82, 2.24) is 0 Å². The Bertz CT molecular complexity index is 750. The third-order valence-electron chi connectivity index (χ3n) is 9.49. The molecule has 2 bridgehead atoms. The van der Waals surface area contributed by atoms with E-state index in [2.05, 4.69) is 50.3 Å². The number of fused-ring (bicyclic) bond motifs is 3. The fourth-order valence-corrected chi connectivity index (χ4v) is 6.86. The van der Waals surface area contributed by atoms with Crippen molar-refractivity contribution in [3.05, 3.63) is 47.5 Å². The summed E-state index contributed by atoms with van der Waals surface area (Å²) in [6.07, 6.45) is 26.1. The molecular weight excluding hydrogens is 444 g/mol. The van der Waals surface area contributed by atoms with Crippen molar-refractivity contribution in [3.63, 3.8) is 0 Å². The first-order chi connectivity index (χ1) is 17.7. The lowest BCUT2D eigenvalue weighted by Crippen LogP contribution is -2.44. The fourth-order valence-electron chi connectivity index (χ4n) is 6.86. The highest BCUT2D eigenvalue weighted by atomic mass is 16.7. The van der Waals surface area contributed by atoms with E-state index in [-0.39, 0.29) is 12.4 Å². The van der Waals surface area contributed by atoms with Crippen LogP contribution in [0.4, 0.5) is 0 Å². The molecule has 1 aromatic carbocycles. The van der Waals surface area contributed by atoms with Crippen LogP contribution < -0.4 is 0 Å². The van der Waals surface area contributed by atoms with Gasteiger partial charge in [-0.2, -0.15) is 0 Å². The number of unbranched alkanes of at least 4 members (excludes halogenated alkanes) is 7. The lowest BCUT2D eigenvalue weighted by molar-refractivity contribution is -0.232. The molecule has 3 saturated carbocycles. The molecule has 0 N–H and O–H groups in total. The van der Waals surface area contributed by atoms with Gasteiger partial charge in [0.1, 0.15) is 6.10 Å². The standard InChI is InChI=1S/C33H52O3/c1-3-5-7-9-11-13-25-34-31-27-35-30(26-36-31)28-14-16-29(17-15-28)33-22-19-32(20-23-33,21-24-33)18-12-10-8-6-4-2/h11,13-17,30-31H,3-10,12,18-27H2,1-2H3/t30-,31+,32?,33?/m1/s1. The molecule has 0 unspecified atom stereocenters. The summed E-state index contributed by atoms with van der Waals surface area (Å²) in [6, 6.07) is 9.38. The molecule has 36 heavy (non-hydrogen) atoms. The molecule has 4 fully saturated rings. The molecule has 1 heterocycles. The van der Waals surface area contributed by atoms with E-state index in [4.69, 9.17) is 14.2 Å². The minimum atomic E-state index is -0.254. The summed E-state index contributed by atoms with van der Waals surface area (Å²) in [7, 11) is 0. The smallest absolute Gasteiger partial charge is 0.181 e. The Labute approximate surface area is 221 Å². The van der Waals surface area contributed by atoms with Crippen molar-refractivity contribution in [2.24, 2.45) is 5.41 Å². The number of hydrogen-bond acceptors (Lipinski definition) is 3. The molecule has 0 aromatic heterocycles. The molecular formula is C33H52O3. The Kier molecular flexibility index (Phi) is 10.9. The highest BCUT2D eigenvalue weighted by molar-refractivity contribution is 5.32. The number of allylic oxidation sites excluding steroid dienone is 1. The zero-order chi connectivity index (χ0) is 25.1. The van der Waals surface area contributed by atoms with E-state index >= 15 is 0 Å². The van der Waals surface area contributed by atoms with E-state index in [1.807, 2.05) is 0 Å². The van der Waals surface area contributed by atoms with Gasteiger partial charge in [0.25, 0.3) is 0 Å². The van der Waals surface area contributed by atoms with Gasteiger partial charge in [-0.1, -0.05) is 95.2 Å². The van der Waals surface area contributed by atoms with Gasteiger partial charge in [-0.15, -0.1) is 0 Å². The van der Waals surface area contributed by atoms with Crippen LogP contribution in [0.1, 0.15) is 134 Å². The summed E-state index contributed by atoms with van der Waals surface area (Å²) in [4.78, 5) is 0.